The maximum atomic E-state index is 6.40. The first kappa shape index (κ1) is 21.6. The van der Waals surface area contributed by atoms with Crippen LogP contribution in [0, 0.1) is 0 Å². The molecule has 0 fully saturated rings. The fourth-order valence-electron chi connectivity index (χ4n) is 4.66. The summed E-state index contributed by atoms with van der Waals surface area (Å²) in [7, 11) is 1.56. The van der Waals surface area contributed by atoms with Gasteiger partial charge >= 0.3 is 0 Å². The quantitative estimate of drug-likeness (QED) is 0.314. The molecule has 1 atom stereocenters. The molecule has 2 aliphatic rings. The molecule has 3 aromatic carbocycles. The van der Waals surface area contributed by atoms with Gasteiger partial charge in [0, 0.05) is 18.7 Å². The molecule has 0 saturated heterocycles. The average molecular weight is 472 g/mol. The molecule has 6 rings (SSSR count). The molecule has 0 bridgehead atoms. The van der Waals surface area contributed by atoms with Gasteiger partial charge in [-0.3, -0.25) is 0 Å². The Hall–Kier alpha value is -3.97. The van der Waals surface area contributed by atoms with Crippen LogP contribution < -0.4 is 18.9 Å². The zero-order valence-electron chi connectivity index (χ0n) is 19.4. The van der Waals surface area contributed by atoms with Crippen molar-refractivity contribution >= 4 is 0 Å². The molecule has 4 aromatic rings. The van der Waals surface area contributed by atoms with Gasteiger partial charge in [-0.05, 0) is 76.7 Å². The minimum atomic E-state index is 0.00679. The number of rotatable bonds is 7. The summed E-state index contributed by atoms with van der Waals surface area (Å²) in [5.74, 6) is 3.44. The van der Waals surface area contributed by atoms with Crippen molar-refractivity contribution in [2.45, 2.75) is 18.9 Å². The van der Waals surface area contributed by atoms with Gasteiger partial charge < -0.3 is 28.2 Å². The summed E-state index contributed by atoms with van der Waals surface area (Å²) in [6, 6.07) is 22.2. The van der Waals surface area contributed by atoms with Gasteiger partial charge in [0.1, 0.15) is 25.1 Å². The lowest BCUT2D eigenvalue weighted by Crippen LogP contribution is -2.15. The van der Waals surface area contributed by atoms with Gasteiger partial charge in [-0.15, -0.1) is 0 Å². The van der Waals surface area contributed by atoms with E-state index >= 15 is 0 Å². The van der Waals surface area contributed by atoms with Crippen LogP contribution in [0.5, 0.6) is 23.1 Å². The number of aromatic nitrogens is 1. The van der Waals surface area contributed by atoms with Crippen LogP contribution in [0.1, 0.15) is 23.7 Å². The number of ether oxygens (including phenoxy) is 5. The van der Waals surface area contributed by atoms with E-state index in [2.05, 4.69) is 35.5 Å². The van der Waals surface area contributed by atoms with Crippen LogP contribution >= 0.6 is 0 Å². The fraction of sp³-hybridized carbons (Fsp3) is 0.250. The van der Waals surface area contributed by atoms with E-state index in [0.29, 0.717) is 24.9 Å². The highest BCUT2D eigenvalue weighted by Crippen LogP contribution is 2.42. The lowest BCUT2D eigenvalue weighted by molar-refractivity contribution is 0.0453. The predicted octanol–water partition coefficient (Wildman–Crippen LogP) is 5.83. The molecule has 0 spiro atoms. The monoisotopic (exact) mass is 471 g/mol. The molecule has 0 N–H and O–H groups in total. The summed E-state index contributed by atoms with van der Waals surface area (Å²) < 4.78 is 33.4. The molecule has 7 heteroatoms. The maximum absolute atomic E-state index is 6.40. The van der Waals surface area contributed by atoms with Crippen LogP contribution in [-0.4, -0.2) is 32.3 Å². The molecule has 1 aromatic heterocycles. The minimum Gasteiger partial charge on any atom is -0.486 e. The summed E-state index contributed by atoms with van der Waals surface area (Å²) in [5.41, 5.74) is 5.81. The molecule has 1 unspecified atom stereocenters. The second kappa shape index (κ2) is 9.35. The molecule has 35 heavy (non-hydrogen) atoms. The van der Waals surface area contributed by atoms with Crippen molar-refractivity contribution in [2.24, 2.45) is 0 Å². The van der Waals surface area contributed by atoms with Gasteiger partial charge in [0.25, 0.3) is 5.88 Å². The Morgan fingerprint density at radius 2 is 1.74 bits per heavy atom. The van der Waals surface area contributed by atoms with Crippen LogP contribution in [0.2, 0.25) is 0 Å². The first-order chi connectivity index (χ1) is 17.3. The second-order valence-corrected chi connectivity index (χ2v) is 8.48. The molecule has 7 nitrogen and oxygen atoms in total. The first-order valence-corrected chi connectivity index (χ1v) is 11.7. The topological polar surface area (TPSA) is 72.2 Å². The van der Waals surface area contributed by atoms with Crippen molar-refractivity contribution in [1.29, 1.82) is 0 Å². The molecule has 178 valence electrons. The minimum absolute atomic E-state index is 0.00679. The number of fused-ring (bicyclic) bond motifs is 2. The van der Waals surface area contributed by atoms with Crippen LogP contribution in [0.25, 0.3) is 22.5 Å². The largest absolute Gasteiger partial charge is 0.486 e. The summed E-state index contributed by atoms with van der Waals surface area (Å²) in [5, 5.41) is 3.89. The van der Waals surface area contributed by atoms with Gasteiger partial charge in [-0.25, -0.2) is 0 Å². The average Bonchev–Trinajstić information content (AvgIpc) is 3.55. The summed E-state index contributed by atoms with van der Waals surface area (Å²) in [6.45, 7) is 1.30. The third-order valence-electron chi connectivity index (χ3n) is 6.30. The van der Waals surface area contributed by atoms with Gasteiger partial charge in [0.2, 0.25) is 0 Å². The summed E-state index contributed by atoms with van der Waals surface area (Å²) >= 11 is 0. The number of methoxy groups -OCH3 is 1. The van der Waals surface area contributed by atoms with E-state index in [1.165, 1.54) is 16.7 Å². The van der Waals surface area contributed by atoms with E-state index in [0.717, 1.165) is 41.2 Å². The normalized spacial score (nSPS) is 16.1. The Morgan fingerprint density at radius 1 is 0.914 bits per heavy atom. The Labute approximate surface area is 203 Å². The number of hydrogen-bond donors (Lipinski definition) is 0. The molecule has 2 heterocycles. The standard InChI is InChI=1S/C28H25NO6/c1-30-17-33-28-16-26(35-29-28)18-5-8-20(9-6-18)34-24-12-10-22-21(3-2-4-23(22)24)19-7-11-25-27(15-19)32-14-13-31-25/h2-9,11,15-16,24H,10,12-14,17H2,1H3. The zero-order valence-corrected chi connectivity index (χ0v) is 19.4. The first-order valence-electron chi connectivity index (χ1n) is 11.7. The lowest BCUT2D eigenvalue weighted by atomic mass is 9.96. The second-order valence-electron chi connectivity index (χ2n) is 8.48. The highest BCUT2D eigenvalue weighted by atomic mass is 16.7. The fourth-order valence-corrected chi connectivity index (χ4v) is 4.66. The molecule has 0 amide bonds. The van der Waals surface area contributed by atoms with Crippen molar-refractivity contribution in [1.82, 2.24) is 5.16 Å². The highest BCUT2D eigenvalue weighted by Gasteiger charge is 2.27. The molecule has 0 radical (unpaired) electrons. The van der Waals surface area contributed by atoms with Gasteiger partial charge in [0.15, 0.2) is 24.1 Å². The maximum Gasteiger partial charge on any atom is 0.256 e. The molecule has 0 saturated carbocycles. The van der Waals surface area contributed by atoms with Crippen LogP contribution in [-0.2, 0) is 11.2 Å². The van der Waals surface area contributed by atoms with E-state index in [1.807, 2.05) is 30.3 Å². The molecule has 1 aliphatic carbocycles. The van der Waals surface area contributed by atoms with Gasteiger partial charge in [-0.1, -0.05) is 24.3 Å². The van der Waals surface area contributed by atoms with E-state index in [4.69, 9.17) is 28.2 Å². The summed E-state index contributed by atoms with van der Waals surface area (Å²) in [4.78, 5) is 0. The van der Waals surface area contributed by atoms with Crippen molar-refractivity contribution in [3.63, 3.8) is 0 Å². The van der Waals surface area contributed by atoms with Crippen LogP contribution in [0.4, 0.5) is 0 Å². The Kier molecular flexibility index (Phi) is 5.76. The highest BCUT2D eigenvalue weighted by molar-refractivity contribution is 5.72. The predicted molar refractivity (Wildman–Crippen MR) is 129 cm³/mol. The Bertz CT molecular complexity index is 1330. The Balaban J connectivity index is 1.19. The lowest BCUT2D eigenvalue weighted by Gasteiger charge is -2.20. The number of hydrogen-bond acceptors (Lipinski definition) is 7. The molecular weight excluding hydrogens is 446 g/mol. The van der Waals surface area contributed by atoms with Crippen molar-refractivity contribution < 1.29 is 28.2 Å². The third-order valence-corrected chi connectivity index (χ3v) is 6.30. The van der Waals surface area contributed by atoms with E-state index in [1.54, 1.807) is 13.2 Å². The van der Waals surface area contributed by atoms with Crippen molar-refractivity contribution in [3.05, 3.63) is 77.9 Å². The van der Waals surface area contributed by atoms with Crippen molar-refractivity contribution in [2.75, 3.05) is 27.1 Å². The zero-order chi connectivity index (χ0) is 23.6. The van der Waals surface area contributed by atoms with Gasteiger partial charge in [-0.2, -0.15) is 0 Å². The molecular formula is C28H25NO6. The van der Waals surface area contributed by atoms with Crippen LogP contribution in [0.15, 0.2) is 71.3 Å². The smallest absolute Gasteiger partial charge is 0.256 e. The summed E-state index contributed by atoms with van der Waals surface area (Å²) in [6.07, 6.45) is 1.90. The van der Waals surface area contributed by atoms with Crippen LogP contribution in [0.3, 0.4) is 0 Å². The Morgan fingerprint density at radius 3 is 2.60 bits per heavy atom. The number of nitrogens with zero attached hydrogens (tertiary/aromatic N) is 1. The van der Waals surface area contributed by atoms with Gasteiger partial charge in [0.05, 0.1) is 0 Å². The third kappa shape index (κ3) is 4.31. The molecule has 1 aliphatic heterocycles. The van der Waals surface area contributed by atoms with E-state index < -0.39 is 0 Å². The SMILES string of the molecule is COCOc1cc(-c2ccc(OC3CCc4c(-c5ccc6c(c5)OCCO6)cccc43)cc2)on1. The van der Waals surface area contributed by atoms with Crippen molar-refractivity contribution in [3.8, 4) is 45.6 Å². The van der Waals surface area contributed by atoms with E-state index in [9.17, 15) is 0 Å². The number of benzene rings is 3. The van der Waals surface area contributed by atoms with E-state index in [-0.39, 0.29) is 12.9 Å².